The van der Waals surface area contributed by atoms with Crippen LogP contribution >= 0.6 is 11.3 Å². The Morgan fingerprint density at radius 3 is 2.77 bits per heavy atom. The van der Waals surface area contributed by atoms with Crippen LogP contribution in [0.15, 0.2) is 54.7 Å². The van der Waals surface area contributed by atoms with Crippen molar-refractivity contribution in [1.29, 1.82) is 0 Å². The van der Waals surface area contributed by atoms with Crippen LogP contribution in [0.4, 0.5) is 11.1 Å². The lowest BCUT2D eigenvalue weighted by molar-refractivity contribution is 0.101. The summed E-state index contributed by atoms with van der Waals surface area (Å²) in [4.78, 5) is 45.7. The van der Waals surface area contributed by atoms with E-state index in [4.69, 9.17) is 0 Å². The third-order valence-electron chi connectivity index (χ3n) is 6.00. The lowest BCUT2D eigenvalue weighted by Gasteiger charge is -2.20. The number of thiazole rings is 1. The molecule has 5 aromatic rings. The van der Waals surface area contributed by atoms with E-state index in [1.807, 2.05) is 24.3 Å². The van der Waals surface area contributed by atoms with Gasteiger partial charge in [-0.05, 0) is 30.6 Å². The Kier molecular flexibility index (Phi) is 5.24. The number of anilines is 2. The summed E-state index contributed by atoms with van der Waals surface area (Å²) in [5, 5.41) is 8.12. The van der Waals surface area contributed by atoms with Gasteiger partial charge < -0.3 is 9.88 Å². The fourth-order valence-corrected chi connectivity index (χ4v) is 5.28. The van der Waals surface area contributed by atoms with Gasteiger partial charge in [-0.2, -0.15) is 0 Å². The van der Waals surface area contributed by atoms with Crippen molar-refractivity contribution in [1.82, 2.24) is 24.8 Å². The number of pyridine rings is 1. The zero-order valence-corrected chi connectivity index (χ0v) is 19.6. The van der Waals surface area contributed by atoms with E-state index in [1.165, 1.54) is 16.2 Å². The van der Waals surface area contributed by atoms with E-state index < -0.39 is 0 Å². The van der Waals surface area contributed by atoms with Gasteiger partial charge in [0.05, 0.1) is 16.8 Å². The van der Waals surface area contributed by atoms with Gasteiger partial charge in [-0.1, -0.05) is 30.3 Å². The molecule has 174 valence electrons. The van der Waals surface area contributed by atoms with Crippen LogP contribution in [-0.2, 0) is 13.0 Å². The van der Waals surface area contributed by atoms with Gasteiger partial charge in [-0.15, -0.1) is 11.3 Å². The normalized spacial score (nSPS) is 13.6. The standard InChI is InChI=1S/C25H21N7O2S/c1-32-10-9-17-20(13-32)35-25(28-17)31-22(33)16-7-4-8-18-21(16)29-24(27-18)30-23(34)19-11-14-5-2-3-6-15(14)12-26-19/h2-8,11-12H,9-10,13H2,1H3,(H,28,31,33)(H2,27,29,30,34). The predicted molar refractivity (Wildman–Crippen MR) is 136 cm³/mol. The van der Waals surface area contributed by atoms with E-state index in [-0.39, 0.29) is 23.5 Å². The summed E-state index contributed by atoms with van der Waals surface area (Å²) in [6, 6.07) is 14.7. The molecular weight excluding hydrogens is 462 g/mol. The summed E-state index contributed by atoms with van der Waals surface area (Å²) >= 11 is 1.50. The number of hydrogen-bond acceptors (Lipinski definition) is 7. The van der Waals surface area contributed by atoms with Crippen molar-refractivity contribution in [3.8, 4) is 0 Å². The molecule has 0 aliphatic carbocycles. The number of aromatic nitrogens is 4. The first-order chi connectivity index (χ1) is 17.0. The van der Waals surface area contributed by atoms with Gasteiger partial charge in [0, 0.05) is 36.0 Å². The van der Waals surface area contributed by atoms with Crippen molar-refractivity contribution in [2.75, 3.05) is 24.2 Å². The molecule has 3 aromatic heterocycles. The van der Waals surface area contributed by atoms with Gasteiger partial charge in [0.2, 0.25) is 5.95 Å². The molecule has 0 fully saturated rings. The summed E-state index contributed by atoms with van der Waals surface area (Å²) in [5.41, 5.74) is 2.83. The molecule has 10 heteroatoms. The van der Waals surface area contributed by atoms with Crippen LogP contribution in [-0.4, -0.2) is 50.2 Å². The Balaban J connectivity index is 1.23. The second-order valence-electron chi connectivity index (χ2n) is 8.49. The highest BCUT2D eigenvalue weighted by Gasteiger charge is 2.21. The van der Waals surface area contributed by atoms with E-state index in [2.05, 4.69) is 42.5 Å². The number of carbonyl (C=O) groups is 2. The highest BCUT2D eigenvalue weighted by Crippen LogP contribution is 2.28. The van der Waals surface area contributed by atoms with Gasteiger partial charge in [-0.25, -0.2) is 9.97 Å². The lowest BCUT2D eigenvalue weighted by atomic mass is 10.1. The van der Waals surface area contributed by atoms with Crippen LogP contribution < -0.4 is 10.6 Å². The van der Waals surface area contributed by atoms with Crippen LogP contribution in [0.3, 0.4) is 0 Å². The molecule has 0 spiro atoms. The summed E-state index contributed by atoms with van der Waals surface area (Å²) in [5.74, 6) is -0.442. The van der Waals surface area contributed by atoms with E-state index in [1.54, 1.807) is 30.5 Å². The Morgan fingerprint density at radius 1 is 1.03 bits per heavy atom. The molecule has 2 aromatic carbocycles. The number of carbonyl (C=O) groups excluding carboxylic acids is 2. The van der Waals surface area contributed by atoms with Crippen LogP contribution in [0, 0.1) is 0 Å². The molecule has 0 bridgehead atoms. The lowest BCUT2D eigenvalue weighted by Crippen LogP contribution is -2.25. The minimum Gasteiger partial charge on any atom is -0.324 e. The fourth-order valence-electron chi connectivity index (χ4n) is 4.19. The molecule has 3 N–H and O–H groups in total. The average Bonchev–Trinajstić information content (AvgIpc) is 3.45. The Bertz CT molecular complexity index is 1610. The number of rotatable bonds is 4. The Morgan fingerprint density at radius 2 is 1.89 bits per heavy atom. The molecular formula is C25H21N7O2S. The van der Waals surface area contributed by atoms with E-state index in [0.29, 0.717) is 21.7 Å². The number of benzene rings is 2. The second kappa shape index (κ2) is 8.57. The molecule has 0 saturated heterocycles. The highest BCUT2D eigenvalue weighted by molar-refractivity contribution is 7.15. The van der Waals surface area contributed by atoms with Gasteiger partial charge in [-0.3, -0.25) is 25.2 Å². The first-order valence-corrected chi connectivity index (χ1v) is 12.0. The van der Waals surface area contributed by atoms with Crippen molar-refractivity contribution in [3.63, 3.8) is 0 Å². The first kappa shape index (κ1) is 21.4. The molecule has 0 unspecified atom stereocenters. The third-order valence-corrected chi connectivity index (χ3v) is 6.99. The number of H-pyrrole nitrogens is 1. The largest absolute Gasteiger partial charge is 0.324 e. The highest BCUT2D eigenvalue weighted by atomic mass is 32.1. The fraction of sp³-hybridized carbons (Fsp3) is 0.160. The smallest absolute Gasteiger partial charge is 0.276 e. The van der Waals surface area contributed by atoms with Crippen molar-refractivity contribution >= 4 is 56.0 Å². The van der Waals surface area contributed by atoms with Gasteiger partial charge >= 0.3 is 0 Å². The zero-order chi connectivity index (χ0) is 23.9. The number of imidazole rings is 1. The molecule has 0 atom stereocenters. The minimum atomic E-state index is -0.390. The molecule has 1 aliphatic heterocycles. The molecule has 0 saturated carbocycles. The quantitative estimate of drug-likeness (QED) is 0.355. The SMILES string of the molecule is CN1CCc2nc(NC(=O)c3cccc4[nH]c(NC(=O)c5cc6ccccc6cn5)nc34)sc2C1. The summed E-state index contributed by atoms with van der Waals surface area (Å²) in [6.45, 7) is 1.80. The maximum Gasteiger partial charge on any atom is 0.276 e. The van der Waals surface area contributed by atoms with Crippen molar-refractivity contribution < 1.29 is 9.59 Å². The van der Waals surface area contributed by atoms with Crippen LogP contribution in [0.25, 0.3) is 21.8 Å². The van der Waals surface area contributed by atoms with E-state index in [0.717, 1.165) is 36.0 Å². The first-order valence-electron chi connectivity index (χ1n) is 11.2. The van der Waals surface area contributed by atoms with Crippen molar-refractivity contribution in [2.45, 2.75) is 13.0 Å². The Hall–Kier alpha value is -4.15. The van der Waals surface area contributed by atoms with Crippen LogP contribution in [0.5, 0.6) is 0 Å². The number of para-hydroxylation sites is 1. The van der Waals surface area contributed by atoms with Crippen LogP contribution in [0.1, 0.15) is 31.4 Å². The second-order valence-corrected chi connectivity index (χ2v) is 9.57. The number of fused-ring (bicyclic) bond motifs is 3. The van der Waals surface area contributed by atoms with Crippen LogP contribution in [0.2, 0.25) is 0 Å². The monoisotopic (exact) mass is 483 g/mol. The maximum absolute atomic E-state index is 13.1. The molecule has 35 heavy (non-hydrogen) atoms. The van der Waals surface area contributed by atoms with Crippen molar-refractivity contribution in [2.24, 2.45) is 0 Å². The number of amides is 2. The number of nitrogens with zero attached hydrogens (tertiary/aromatic N) is 4. The number of hydrogen-bond donors (Lipinski definition) is 3. The summed E-state index contributed by atoms with van der Waals surface area (Å²) in [7, 11) is 2.08. The molecule has 9 nitrogen and oxygen atoms in total. The molecule has 0 radical (unpaired) electrons. The number of likely N-dealkylation sites (N-methyl/N-ethyl adjacent to an activating group) is 1. The number of aromatic amines is 1. The maximum atomic E-state index is 13.1. The molecule has 2 amide bonds. The van der Waals surface area contributed by atoms with E-state index >= 15 is 0 Å². The molecule has 6 rings (SSSR count). The molecule has 4 heterocycles. The predicted octanol–water partition coefficient (Wildman–Crippen LogP) is 4.06. The van der Waals surface area contributed by atoms with E-state index in [9.17, 15) is 9.59 Å². The molecule has 1 aliphatic rings. The summed E-state index contributed by atoms with van der Waals surface area (Å²) in [6.07, 6.45) is 2.54. The van der Waals surface area contributed by atoms with Gasteiger partial charge in [0.15, 0.2) is 5.13 Å². The Labute approximate surface area is 204 Å². The topological polar surface area (TPSA) is 116 Å². The summed E-state index contributed by atoms with van der Waals surface area (Å²) < 4.78 is 0. The van der Waals surface area contributed by atoms with Gasteiger partial charge in [0.1, 0.15) is 11.2 Å². The minimum absolute atomic E-state index is 0.243. The zero-order valence-electron chi connectivity index (χ0n) is 18.8. The van der Waals surface area contributed by atoms with Crippen molar-refractivity contribution in [3.05, 3.63) is 76.6 Å². The third kappa shape index (κ3) is 4.13. The number of nitrogens with one attached hydrogen (secondary N) is 3. The average molecular weight is 484 g/mol. The van der Waals surface area contributed by atoms with Gasteiger partial charge in [0.25, 0.3) is 11.8 Å².